The Bertz CT molecular complexity index is 958. The predicted molar refractivity (Wildman–Crippen MR) is 108 cm³/mol. The van der Waals surface area contributed by atoms with E-state index in [9.17, 15) is 0 Å². The Balaban J connectivity index is 1.62. The molecule has 0 bridgehead atoms. The highest BCUT2D eigenvalue weighted by atomic mass is 35.5. The molecule has 6 heteroatoms. The monoisotopic (exact) mass is 384 g/mol. The fraction of sp³-hybridized carbons (Fsp3) is 0.200. The molecule has 1 N–H and O–H groups in total. The molecule has 2 aromatic carbocycles. The molecule has 1 aliphatic rings. The van der Waals surface area contributed by atoms with Crippen LogP contribution in [0.15, 0.2) is 48.5 Å². The molecule has 4 rings (SSSR count). The van der Waals surface area contributed by atoms with Crippen LogP contribution in [-0.4, -0.2) is 16.5 Å². The molecular formula is C20H18Cl2N4. The van der Waals surface area contributed by atoms with Crippen LogP contribution in [0.5, 0.6) is 0 Å². The zero-order valence-electron chi connectivity index (χ0n) is 14.3. The molecular weight excluding hydrogens is 367 g/mol. The molecule has 0 atom stereocenters. The summed E-state index contributed by atoms with van der Waals surface area (Å²) in [7, 11) is 0. The van der Waals surface area contributed by atoms with Crippen molar-refractivity contribution in [1.82, 2.24) is 9.97 Å². The average Bonchev–Trinajstić information content (AvgIpc) is 2.65. The summed E-state index contributed by atoms with van der Waals surface area (Å²) in [5, 5.41) is 4.15. The van der Waals surface area contributed by atoms with Crippen molar-refractivity contribution in [2.75, 3.05) is 16.8 Å². The van der Waals surface area contributed by atoms with Gasteiger partial charge in [0.2, 0.25) is 5.95 Å². The van der Waals surface area contributed by atoms with E-state index in [4.69, 9.17) is 28.2 Å². The molecule has 2 heterocycles. The number of hydrogen-bond acceptors (Lipinski definition) is 4. The second kappa shape index (κ2) is 7.14. The van der Waals surface area contributed by atoms with Crippen molar-refractivity contribution in [2.45, 2.75) is 19.9 Å². The van der Waals surface area contributed by atoms with E-state index in [0.29, 0.717) is 21.7 Å². The largest absolute Gasteiger partial charge is 0.352 e. The van der Waals surface area contributed by atoms with Gasteiger partial charge in [-0.2, -0.15) is 4.98 Å². The first-order valence-electron chi connectivity index (χ1n) is 8.48. The average molecular weight is 385 g/mol. The Hall–Kier alpha value is -2.30. The first-order chi connectivity index (χ1) is 12.6. The highest BCUT2D eigenvalue weighted by Crippen LogP contribution is 2.31. The summed E-state index contributed by atoms with van der Waals surface area (Å²) in [5.41, 5.74) is 4.36. The summed E-state index contributed by atoms with van der Waals surface area (Å²) < 4.78 is 0. The quantitative estimate of drug-likeness (QED) is 0.656. The SMILES string of the molecule is Cc1cc(N2CCc3ccccc3C2)nc(Nc2cccc(Cl)c2Cl)n1. The summed E-state index contributed by atoms with van der Waals surface area (Å²) in [5.74, 6) is 1.43. The zero-order valence-corrected chi connectivity index (χ0v) is 15.8. The van der Waals surface area contributed by atoms with E-state index in [-0.39, 0.29) is 0 Å². The van der Waals surface area contributed by atoms with Crippen LogP contribution in [0.3, 0.4) is 0 Å². The number of anilines is 3. The van der Waals surface area contributed by atoms with Crippen LogP contribution in [0.1, 0.15) is 16.8 Å². The van der Waals surface area contributed by atoms with Gasteiger partial charge in [-0.1, -0.05) is 53.5 Å². The van der Waals surface area contributed by atoms with Gasteiger partial charge in [0.15, 0.2) is 0 Å². The predicted octanol–water partition coefficient (Wildman–Crippen LogP) is 5.40. The van der Waals surface area contributed by atoms with Crippen molar-refractivity contribution in [3.63, 3.8) is 0 Å². The van der Waals surface area contributed by atoms with Crippen LogP contribution in [-0.2, 0) is 13.0 Å². The molecule has 0 fully saturated rings. The number of aromatic nitrogens is 2. The summed E-state index contributed by atoms with van der Waals surface area (Å²) in [6.45, 7) is 3.75. The summed E-state index contributed by atoms with van der Waals surface area (Å²) in [6.07, 6.45) is 1.02. The maximum Gasteiger partial charge on any atom is 0.229 e. The van der Waals surface area contributed by atoms with Crippen molar-refractivity contribution >= 4 is 40.7 Å². The van der Waals surface area contributed by atoms with Crippen molar-refractivity contribution in [3.8, 4) is 0 Å². The molecule has 0 saturated carbocycles. The van der Waals surface area contributed by atoms with Crippen LogP contribution >= 0.6 is 23.2 Å². The Morgan fingerprint density at radius 2 is 1.81 bits per heavy atom. The normalized spacial score (nSPS) is 13.4. The molecule has 26 heavy (non-hydrogen) atoms. The maximum absolute atomic E-state index is 6.27. The minimum Gasteiger partial charge on any atom is -0.352 e. The second-order valence-electron chi connectivity index (χ2n) is 6.36. The second-order valence-corrected chi connectivity index (χ2v) is 7.14. The summed E-state index contributed by atoms with van der Waals surface area (Å²) in [6, 6.07) is 16.0. The van der Waals surface area contributed by atoms with Gasteiger partial charge in [0, 0.05) is 24.8 Å². The van der Waals surface area contributed by atoms with Crippen molar-refractivity contribution in [2.24, 2.45) is 0 Å². The molecule has 4 nitrogen and oxygen atoms in total. The van der Waals surface area contributed by atoms with Gasteiger partial charge in [-0.05, 0) is 36.6 Å². The maximum atomic E-state index is 6.27. The number of rotatable bonds is 3. The van der Waals surface area contributed by atoms with Crippen LogP contribution in [0.25, 0.3) is 0 Å². The number of aryl methyl sites for hydroxylation is 1. The lowest BCUT2D eigenvalue weighted by molar-refractivity contribution is 0.719. The molecule has 1 aromatic heterocycles. The van der Waals surface area contributed by atoms with Crippen LogP contribution in [0, 0.1) is 6.92 Å². The lowest BCUT2D eigenvalue weighted by Crippen LogP contribution is -2.31. The van der Waals surface area contributed by atoms with Gasteiger partial charge in [-0.3, -0.25) is 0 Å². The standard InChI is InChI=1S/C20H18Cl2N4/c1-13-11-18(26-10-9-14-5-2-3-6-15(14)12-26)25-20(23-13)24-17-8-4-7-16(21)19(17)22/h2-8,11H,9-10,12H2,1H3,(H,23,24,25). The van der Waals surface area contributed by atoms with E-state index in [1.54, 1.807) is 6.07 Å². The number of nitrogens with zero attached hydrogens (tertiary/aromatic N) is 3. The summed E-state index contributed by atoms with van der Waals surface area (Å²) in [4.78, 5) is 11.5. The molecule has 0 aliphatic carbocycles. The Kier molecular flexibility index (Phi) is 4.70. The third-order valence-electron chi connectivity index (χ3n) is 4.49. The number of fused-ring (bicyclic) bond motifs is 1. The number of nitrogens with one attached hydrogen (secondary N) is 1. The fourth-order valence-corrected chi connectivity index (χ4v) is 3.53. The minimum absolute atomic E-state index is 0.465. The molecule has 0 radical (unpaired) electrons. The van der Waals surface area contributed by atoms with Gasteiger partial charge in [0.25, 0.3) is 0 Å². The third kappa shape index (κ3) is 3.48. The van der Waals surface area contributed by atoms with E-state index >= 15 is 0 Å². The van der Waals surface area contributed by atoms with Crippen LogP contribution in [0.2, 0.25) is 10.0 Å². The number of hydrogen-bond donors (Lipinski definition) is 1. The van der Waals surface area contributed by atoms with Gasteiger partial charge < -0.3 is 10.2 Å². The molecule has 3 aromatic rings. The molecule has 0 spiro atoms. The lowest BCUT2D eigenvalue weighted by Gasteiger charge is -2.30. The summed E-state index contributed by atoms with van der Waals surface area (Å²) >= 11 is 12.4. The molecule has 0 amide bonds. The van der Waals surface area contributed by atoms with Gasteiger partial charge >= 0.3 is 0 Å². The fourth-order valence-electron chi connectivity index (χ4n) is 3.18. The number of halogens is 2. The van der Waals surface area contributed by atoms with E-state index < -0.39 is 0 Å². The lowest BCUT2D eigenvalue weighted by atomic mass is 10.00. The topological polar surface area (TPSA) is 41.1 Å². The van der Waals surface area contributed by atoms with Crippen molar-refractivity contribution < 1.29 is 0 Å². The van der Waals surface area contributed by atoms with Crippen LogP contribution in [0.4, 0.5) is 17.5 Å². The van der Waals surface area contributed by atoms with Gasteiger partial charge in [-0.25, -0.2) is 4.98 Å². The highest BCUT2D eigenvalue weighted by Gasteiger charge is 2.18. The Morgan fingerprint density at radius 1 is 1.00 bits per heavy atom. The zero-order chi connectivity index (χ0) is 18.1. The van der Waals surface area contributed by atoms with Crippen LogP contribution < -0.4 is 10.2 Å². The molecule has 0 unspecified atom stereocenters. The molecule has 0 saturated heterocycles. The smallest absolute Gasteiger partial charge is 0.229 e. The van der Waals surface area contributed by atoms with Gasteiger partial charge in [0.05, 0.1) is 15.7 Å². The van der Waals surface area contributed by atoms with E-state index in [2.05, 4.69) is 39.5 Å². The Labute approximate surface area is 162 Å². The highest BCUT2D eigenvalue weighted by molar-refractivity contribution is 6.43. The Morgan fingerprint density at radius 3 is 2.65 bits per heavy atom. The van der Waals surface area contributed by atoms with Gasteiger partial charge in [-0.15, -0.1) is 0 Å². The van der Waals surface area contributed by atoms with E-state index in [1.807, 2.05) is 25.1 Å². The molecule has 1 aliphatic heterocycles. The van der Waals surface area contributed by atoms with E-state index in [1.165, 1.54) is 11.1 Å². The molecule has 132 valence electrons. The minimum atomic E-state index is 0.465. The number of benzene rings is 2. The first kappa shape index (κ1) is 17.1. The first-order valence-corrected chi connectivity index (χ1v) is 9.24. The van der Waals surface area contributed by atoms with Crippen molar-refractivity contribution in [1.29, 1.82) is 0 Å². The third-order valence-corrected chi connectivity index (χ3v) is 5.31. The van der Waals surface area contributed by atoms with Crippen molar-refractivity contribution in [3.05, 3.63) is 75.4 Å². The van der Waals surface area contributed by atoms with Gasteiger partial charge in [0.1, 0.15) is 5.82 Å². The van der Waals surface area contributed by atoms with E-state index in [0.717, 1.165) is 31.0 Å².